The fourth-order valence-electron chi connectivity index (χ4n) is 5.82. The quantitative estimate of drug-likeness (QED) is 0.514. The number of aliphatic carboxylic acids is 1. The van der Waals surface area contributed by atoms with Crippen molar-refractivity contribution < 1.29 is 28.6 Å². The maximum absolute atomic E-state index is 11.9. The third-order valence-corrected chi connectivity index (χ3v) is 8.35. The van der Waals surface area contributed by atoms with E-state index >= 15 is 0 Å². The minimum Gasteiger partial charge on any atom is -0.492 e. The summed E-state index contributed by atoms with van der Waals surface area (Å²) in [6, 6.07) is 5.81. The molecule has 0 spiro atoms. The van der Waals surface area contributed by atoms with Crippen molar-refractivity contribution in [1.82, 2.24) is 10.1 Å². The zero-order valence-corrected chi connectivity index (χ0v) is 20.6. The third kappa shape index (κ3) is 5.75. The maximum Gasteiger partial charge on any atom is 0.309 e. The van der Waals surface area contributed by atoms with Gasteiger partial charge in [-0.05, 0) is 93.7 Å². The first-order valence-corrected chi connectivity index (χ1v) is 13.3. The van der Waals surface area contributed by atoms with Crippen molar-refractivity contribution >= 4 is 16.9 Å². The average molecular weight is 487 g/mol. The highest BCUT2D eigenvalue weighted by molar-refractivity contribution is 5.88. The molecule has 3 heterocycles. The minimum atomic E-state index is -0.671. The van der Waals surface area contributed by atoms with E-state index in [1.54, 1.807) is 0 Å². The van der Waals surface area contributed by atoms with Gasteiger partial charge in [0.05, 0.1) is 18.6 Å². The summed E-state index contributed by atoms with van der Waals surface area (Å²) >= 11 is 0. The lowest BCUT2D eigenvalue weighted by Crippen LogP contribution is -2.42. The van der Waals surface area contributed by atoms with Crippen molar-refractivity contribution in [3.05, 3.63) is 18.2 Å². The lowest BCUT2D eigenvalue weighted by atomic mass is 9.77. The van der Waals surface area contributed by atoms with Gasteiger partial charge < -0.3 is 28.7 Å². The first-order valence-electron chi connectivity index (χ1n) is 13.3. The Balaban J connectivity index is 1.11. The van der Waals surface area contributed by atoms with Crippen LogP contribution in [0.1, 0.15) is 57.8 Å². The molecule has 2 saturated heterocycles. The zero-order chi connectivity index (χ0) is 24.1. The number of piperidine rings is 1. The van der Waals surface area contributed by atoms with Gasteiger partial charge in [0.1, 0.15) is 11.1 Å². The first-order chi connectivity index (χ1) is 17.1. The molecule has 1 aromatic carbocycles. The number of hydrogen-bond donors (Lipinski definition) is 1. The van der Waals surface area contributed by atoms with Gasteiger partial charge in [0, 0.05) is 13.2 Å². The smallest absolute Gasteiger partial charge is 0.309 e. The number of carbonyl (C=O) groups is 1. The molecule has 3 aliphatic rings. The van der Waals surface area contributed by atoms with Gasteiger partial charge in [0.25, 0.3) is 5.88 Å². The Morgan fingerprint density at radius 2 is 1.77 bits per heavy atom. The van der Waals surface area contributed by atoms with Gasteiger partial charge in [0.15, 0.2) is 5.58 Å². The van der Waals surface area contributed by atoms with E-state index < -0.39 is 11.4 Å². The Bertz CT molecular complexity index is 971. The molecule has 1 aliphatic carbocycles. The molecule has 0 bridgehead atoms. The molecule has 1 N–H and O–H groups in total. The van der Waals surface area contributed by atoms with Crippen LogP contribution in [-0.2, 0) is 9.53 Å². The molecule has 3 fully saturated rings. The lowest BCUT2D eigenvalue weighted by molar-refractivity contribution is -0.156. The highest BCUT2D eigenvalue weighted by atomic mass is 16.5. The monoisotopic (exact) mass is 486 g/mol. The third-order valence-electron chi connectivity index (χ3n) is 8.35. The standard InChI is InChI=1S/C27H38N2O6/c30-26(31)27(11-16-32-17-12-27)10-15-29-13-8-21(9-14-29)19-34-25-24-22(6-3-7-23(24)35-28-25)33-18-20-4-1-2-5-20/h3,6-7,20-21H,1-2,4-5,8-19H2,(H,30,31). The number of nitrogens with zero attached hydrogens (tertiary/aromatic N) is 2. The molecule has 2 aromatic rings. The van der Waals surface area contributed by atoms with Crippen LogP contribution in [-0.4, -0.2) is 67.2 Å². The van der Waals surface area contributed by atoms with Crippen LogP contribution < -0.4 is 9.47 Å². The van der Waals surface area contributed by atoms with E-state index in [4.69, 9.17) is 18.7 Å². The second kappa shape index (κ2) is 11.2. The Morgan fingerprint density at radius 3 is 2.51 bits per heavy atom. The molecule has 0 unspecified atom stereocenters. The number of carboxylic acid groups (broad SMARTS) is 1. The van der Waals surface area contributed by atoms with Gasteiger partial charge in [-0.1, -0.05) is 18.9 Å². The largest absolute Gasteiger partial charge is 0.492 e. The summed E-state index contributed by atoms with van der Waals surface area (Å²) in [7, 11) is 0. The van der Waals surface area contributed by atoms with Gasteiger partial charge in [0.2, 0.25) is 0 Å². The summed E-state index contributed by atoms with van der Waals surface area (Å²) in [5, 5.41) is 14.8. The van der Waals surface area contributed by atoms with Crippen LogP contribution in [0.25, 0.3) is 11.0 Å². The van der Waals surface area contributed by atoms with Gasteiger partial charge >= 0.3 is 5.97 Å². The van der Waals surface area contributed by atoms with E-state index in [2.05, 4.69) is 10.1 Å². The SMILES string of the molecule is O=C(O)C1(CCN2CCC(COc3noc4cccc(OCC5CCCC5)c34)CC2)CCOCC1. The van der Waals surface area contributed by atoms with Crippen molar-refractivity contribution in [2.45, 2.75) is 57.8 Å². The van der Waals surface area contributed by atoms with E-state index in [1.165, 1.54) is 25.7 Å². The van der Waals surface area contributed by atoms with Gasteiger partial charge in [-0.15, -0.1) is 0 Å². The molecule has 1 aromatic heterocycles. The molecule has 1 saturated carbocycles. The van der Waals surface area contributed by atoms with Crippen molar-refractivity contribution in [1.29, 1.82) is 0 Å². The number of hydrogen-bond acceptors (Lipinski definition) is 7. The number of fused-ring (bicyclic) bond motifs is 1. The second-order valence-electron chi connectivity index (χ2n) is 10.6. The van der Waals surface area contributed by atoms with E-state index in [0.29, 0.717) is 62.4 Å². The number of likely N-dealkylation sites (tertiary alicyclic amines) is 1. The molecule has 5 rings (SSSR count). The molecule has 0 atom stereocenters. The number of aromatic nitrogens is 1. The van der Waals surface area contributed by atoms with Crippen LogP contribution in [0.5, 0.6) is 11.6 Å². The first kappa shape index (κ1) is 24.4. The highest BCUT2D eigenvalue weighted by Gasteiger charge is 2.40. The number of benzene rings is 1. The highest BCUT2D eigenvalue weighted by Crippen LogP contribution is 2.37. The van der Waals surface area contributed by atoms with Gasteiger partial charge in [-0.25, -0.2) is 0 Å². The van der Waals surface area contributed by atoms with Crippen LogP contribution in [0, 0.1) is 17.3 Å². The second-order valence-corrected chi connectivity index (χ2v) is 10.6. The van der Waals surface area contributed by atoms with Crippen molar-refractivity contribution in [2.75, 3.05) is 46.1 Å². The van der Waals surface area contributed by atoms with Crippen LogP contribution in [0.2, 0.25) is 0 Å². The fourth-order valence-corrected chi connectivity index (χ4v) is 5.82. The molecule has 0 radical (unpaired) electrons. The number of ether oxygens (including phenoxy) is 3. The predicted octanol–water partition coefficient (Wildman–Crippen LogP) is 4.76. The van der Waals surface area contributed by atoms with E-state index in [0.717, 1.165) is 50.2 Å². The normalized spacial score (nSPS) is 21.9. The molecule has 192 valence electrons. The molecule has 0 amide bonds. The Kier molecular flexibility index (Phi) is 7.78. The number of rotatable bonds is 10. The summed E-state index contributed by atoms with van der Waals surface area (Å²) in [5.41, 5.74) is 0.0724. The minimum absolute atomic E-state index is 0.445. The molecular weight excluding hydrogens is 448 g/mol. The van der Waals surface area contributed by atoms with Crippen molar-refractivity contribution in [3.8, 4) is 11.6 Å². The molecule has 35 heavy (non-hydrogen) atoms. The summed E-state index contributed by atoms with van der Waals surface area (Å²) in [6.45, 7) is 5.20. The lowest BCUT2D eigenvalue weighted by Gasteiger charge is -2.37. The van der Waals surface area contributed by atoms with E-state index in [9.17, 15) is 9.90 Å². The molecule has 8 heteroatoms. The summed E-state index contributed by atoms with van der Waals surface area (Å²) in [5.74, 6) is 1.72. The van der Waals surface area contributed by atoms with Crippen LogP contribution in [0.15, 0.2) is 22.7 Å². The molecule has 2 aliphatic heterocycles. The van der Waals surface area contributed by atoms with Crippen molar-refractivity contribution in [2.24, 2.45) is 17.3 Å². The maximum atomic E-state index is 11.9. The number of carboxylic acids is 1. The predicted molar refractivity (Wildman–Crippen MR) is 131 cm³/mol. The van der Waals surface area contributed by atoms with Crippen LogP contribution in [0.4, 0.5) is 0 Å². The fraction of sp³-hybridized carbons (Fsp3) is 0.704. The summed E-state index contributed by atoms with van der Waals surface area (Å²) in [6.07, 6.45) is 9.08. The van der Waals surface area contributed by atoms with Crippen molar-refractivity contribution in [3.63, 3.8) is 0 Å². The van der Waals surface area contributed by atoms with Crippen LogP contribution in [0.3, 0.4) is 0 Å². The zero-order valence-electron chi connectivity index (χ0n) is 20.6. The van der Waals surface area contributed by atoms with E-state index in [1.807, 2.05) is 18.2 Å². The van der Waals surface area contributed by atoms with Gasteiger partial charge in [-0.3, -0.25) is 4.79 Å². The Hall–Kier alpha value is -2.32. The molecule has 8 nitrogen and oxygen atoms in total. The van der Waals surface area contributed by atoms with Gasteiger partial charge in [-0.2, -0.15) is 0 Å². The average Bonchev–Trinajstić information content (AvgIpc) is 3.56. The van der Waals surface area contributed by atoms with Crippen LogP contribution >= 0.6 is 0 Å². The summed E-state index contributed by atoms with van der Waals surface area (Å²) in [4.78, 5) is 14.3. The Labute approximate surface area is 206 Å². The Morgan fingerprint density at radius 1 is 1.06 bits per heavy atom. The summed E-state index contributed by atoms with van der Waals surface area (Å²) < 4.78 is 23.2. The molecular formula is C27H38N2O6. The van der Waals surface area contributed by atoms with E-state index in [-0.39, 0.29) is 0 Å². The topological polar surface area (TPSA) is 94.3 Å².